The van der Waals surface area contributed by atoms with Crippen LogP contribution in [0.15, 0.2) is 81.5 Å². The van der Waals surface area contributed by atoms with Crippen LogP contribution in [-0.4, -0.2) is 35.3 Å². The predicted molar refractivity (Wildman–Crippen MR) is 155 cm³/mol. The lowest BCUT2D eigenvalue weighted by atomic mass is 10.0. The summed E-state index contributed by atoms with van der Waals surface area (Å²) in [6.07, 6.45) is 5.32. The third-order valence-corrected chi connectivity index (χ3v) is 5.90. The van der Waals surface area contributed by atoms with Gasteiger partial charge in [0.1, 0.15) is 51.0 Å². The molecule has 0 radical (unpaired) electrons. The zero-order valence-corrected chi connectivity index (χ0v) is 23.0. The van der Waals surface area contributed by atoms with Crippen LogP contribution in [0.5, 0.6) is 28.7 Å². The second kappa shape index (κ2) is 13.2. The molecule has 208 valence electrons. The summed E-state index contributed by atoms with van der Waals surface area (Å²) in [5, 5.41) is 30.2. The van der Waals surface area contributed by atoms with Crippen molar-refractivity contribution in [1.29, 1.82) is 0 Å². The Kier molecular flexibility index (Phi) is 9.76. The van der Waals surface area contributed by atoms with E-state index in [0.717, 1.165) is 11.1 Å². The maximum atomic E-state index is 12.3. The molecular weight excluding hydrogens is 512 g/mol. The van der Waals surface area contributed by atoms with E-state index < -0.39 is 0 Å². The number of methoxy groups -OCH3 is 2. The van der Waals surface area contributed by atoms with Gasteiger partial charge in [0.05, 0.1) is 14.2 Å². The molecule has 0 unspecified atom stereocenters. The zero-order valence-electron chi connectivity index (χ0n) is 23.0. The normalized spacial score (nSPS) is 10.6. The maximum absolute atomic E-state index is 12.3. The zero-order chi connectivity index (χ0) is 29.4. The molecule has 3 aromatic carbocycles. The first-order valence-corrected chi connectivity index (χ1v) is 12.4. The molecule has 0 amide bonds. The molecule has 3 N–H and O–H groups in total. The topological polar surface area (TPSA) is 126 Å². The van der Waals surface area contributed by atoms with Gasteiger partial charge in [-0.3, -0.25) is 9.59 Å². The smallest absolute Gasteiger partial charge is 0.196 e. The summed E-state index contributed by atoms with van der Waals surface area (Å²) in [7, 11) is 2.91. The fourth-order valence-corrected chi connectivity index (χ4v) is 3.88. The molecule has 1 aromatic heterocycles. The molecule has 8 heteroatoms. The Morgan fingerprint density at radius 1 is 0.950 bits per heavy atom. The van der Waals surface area contributed by atoms with E-state index in [1.807, 2.05) is 50.3 Å². The first kappa shape index (κ1) is 29.6. The van der Waals surface area contributed by atoms with Crippen LogP contribution in [0.1, 0.15) is 41.1 Å². The summed E-state index contributed by atoms with van der Waals surface area (Å²) in [4.78, 5) is 24.2. The highest BCUT2D eigenvalue weighted by molar-refractivity contribution is 6.10. The Balaban J connectivity index is 0.000000222. The molecule has 0 aliphatic rings. The van der Waals surface area contributed by atoms with Gasteiger partial charge in [0.15, 0.2) is 11.2 Å². The molecule has 4 rings (SSSR count). The Labute approximate surface area is 232 Å². The third kappa shape index (κ3) is 7.11. The van der Waals surface area contributed by atoms with Crippen LogP contribution in [0, 0.1) is 6.92 Å². The molecule has 0 aliphatic carbocycles. The number of hydrogen-bond donors (Lipinski definition) is 3. The number of aryl methyl sites for hydroxylation is 1. The van der Waals surface area contributed by atoms with Crippen molar-refractivity contribution in [2.75, 3.05) is 14.2 Å². The molecule has 1 heterocycles. The van der Waals surface area contributed by atoms with Gasteiger partial charge in [-0.2, -0.15) is 0 Å². The van der Waals surface area contributed by atoms with Gasteiger partial charge in [0.2, 0.25) is 0 Å². The maximum Gasteiger partial charge on any atom is 0.196 e. The van der Waals surface area contributed by atoms with E-state index in [1.165, 1.54) is 38.5 Å². The molecule has 0 bridgehead atoms. The van der Waals surface area contributed by atoms with E-state index in [2.05, 4.69) is 0 Å². The molecule has 40 heavy (non-hydrogen) atoms. The van der Waals surface area contributed by atoms with Crippen molar-refractivity contribution in [2.45, 2.75) is 27.2 Å². The quantitative estimate of drug-likeness (QED) is 0.140. The molecule has 0 atom stereocenters. The fourth-order valence-electron chi connectivity index (χ4n) is 3.88. The highest BCUT2D eigenvalue weighted by atomic mass is 16.5. The Bertz CT molecular complexity index is 1630. The Morgan fingerprint density at radius 2 is 1.65 bits per heavy atom. The van der Waals surface area contributed by atoms with Crippen LogP contribution in [0.2, 0.25) is 0 Å². The average molecular weight is 545 g/mol. The lowest BCUT2D eigenvalue weighted by molar-refractivity contribution is 0.104. The van der Waals surface area contributed by atoms with Crippen molar-refractivity contribution in [3.8, 4) is 28.7 Å². The average Bonchev–Trinajstić information content (AvgIpc) is 2.91. The van der Waals surface area contributed by atoms with E-state index in [1.54, 1.807) is 19.1 Å². The van der Waals surface area contributed by atoms with Gasteiger partial charge in [0, 0.05) is 29.8 Å². The third-order valence-electron chi connectivity index (χ3n) is 5.90. The molecule has 0 aliphatic heterocycles. The summed E-state index contributed by atoms with van der Waals surface area (Å²) < 4.78 is 15.5. The molecule has 0 saturated carbocycles. The van der Waals surface area contributed by atoms with E-state index in [-0.39, 0.29) is 50.7 Å². The molecule has 8 nitrogen and oxygen atoms in total. The first-order valence-electron chi connectivity index (χ1n) is 12.4. The van der Waals surface area contributed by atoms with Gasteiger partial charge < -0.3 is 29.2 Å². The Morgan fingerprint density at radius 3 is 2.27 bits per heavy atom. The minimum Gasteiger partial charge on any atom is -0.507 e. The van der Waals surface area contributed by atoms with Crippen molar-refractivity contribution in [2.24, 2.45) is 0 Å². The number of carbonyl (C=O) groups excluding carboxylic acids is 1. The number of ether oxygens (including phenoxy) is 2. The number of rotatable bonds is 7. The van der Waals surface area contributed by atoms with E-state index in [0.29, 0.717) is 23.5 Å². The highest BCUT2D eigenvalue weighted by Crippen LogP contribution is 2.35. The van der Waals surface area contributed by atoms with Crippen LogP contribution in [0.25, 0.3) is 17.0 Å². The lowest BCUT2D eigenvalue weighted by Crippen LogP contribution is -2.02. The number of phenolic OH excluding ortho intramolecular Hbond substituents is 3. The second-order valence-corrected chi connectivity index (χ2v) is 9.13. The monoisotopic (exact) mass is 544 g/mol. The van der Waals surface area contributed by atoms with Gasteiger partial charge >= 0.3 is 0 Å². The van der Waals surface area contributed by atoms with Gasteiger partial charge in [-0.1, -0.05) is 48.1 Å². The van der Waals surface area contributed by atoms with Crippen molar-refractivity contribution in [1.82, 2.24) is 0 Å². The summed E-state index contributed by atoms with van der Waals surface area (Å²) in [6, 6.07) is 15.1. The summed E-state index contributed by atoms with van der Waals surface area (Å²) in [5.41, 5.74) is 2.30. The van der Waals surface area contributed by atoms with Crippen LogP contribution >= 0.6 is 0 Å². The number of carbonyl (C=O) groups is 1. The van der Waals surface area contributed by atoms with Gasteiger partial charge in [-0.25, -0.2) is 0 Å². The highest BCUT2D eigenvalue weighted by Gasteiger charge is 2.18. The number of ketones is 1. The summed E-state index contributed by atoms with van der Waals surface area (Å²) in [5.74, 6) is 0.345. The van der Waals surface area contributed by atoms with E-state index >= 15 is 0 Å². The molecule has 0 fully saturated rings. The lowest BCUT2D eigenvalue weighted by Gasteiger charge is -2.10. The standard InChI is InChI=1S/C17H16O4.C15H16O4/c1-20-13-10-15(19)17(16(11-13)21-2)14(18)9-8-12-6-4-3-5-7-12;1-8(2)4-5-10-11(16)7-13-14(15(10)18)12(17)6-9(3)19-13/h3-11,19H,1-2H3;4,6-7,16,18H,5H2,1-3H3. The largest absolute Gasteiger partial charge is 0.507 e. The van der Waals surface area contributed by atoms with Crippen molar-refractivity contribution in [3.63, 3.8) is 0 Å². The van der Waals surface area contributed by atoms with Crippen LogP contribution in [-0.2, 0) is 6.42 Å². The molecule has 0 spiro atoms. The fraction of sp³-hybridized carbons (Fsp3) is 0.188. The van der Waals surface area contributed by atoms with E-state index in [4.69, 9.17) is 13.9 Å². The van der Waals surface area contributed by atoms with E-state index in [9.17, 15) is 24.9 Å². The molecular formula is C32H32O8. The van der Waals surface area contributed by atoms with Crippen LogP contribution < -0.4 is 14.9 Å². The molecule has 4 aromatic rings. The number of benzene rings is 3. The summed E-state index contributed by atoms with van der Waals surface area (Å²) in [6.45, 7) is 5.49. The molecule has 0 saturated heterocycles. The second-order valence-electron chi connectivity index (χ2n) is 9.13. The SMILES string of the molecule is CC(C)=CCc1c(O)cc2oc(C)cc(=O)c2c1O.COc1cc(O)c(C(=O)C=Cc2ccccc2)c(OC)c1. The van der Waals surface area contributed by atoms with Gasteiger partial charge in [-0.05, 0) is 38.8 Å². The number of phenols is 3. The minimum absolute atomic E-state index is 0.0729. The minimum atomic E-state index is -0.337. The number of allylic oxidation sites excluding steroid dienone is 3. The van der Waals surface area contributed by atoms with Crippen LogP contribution in [0.4, 0.5) is 0 Å². The Hall–Kier alpha value is -4.98. The predicted octanol–water partition coefficient (Wildman–Crippen LogP) is 6.33. The van der Waals surface area contributed by atoms with Crippen molar-refractivity contribution >= 4 is 22.8 Å². The van der Waals surface area contributed by atoms with Gasteiger partial charge in [0.25, 0.3) is 0 Å². The van der Waals surface area contributed by atoms with Gasteiger partial charge in [-0.15, -0.1) is 0 Å². The first-order chi connectivity index (χ1) is 19.0. The van der Waals surface area contributed by atoms with Crippen LogP contribution in [0.3, 0.4) is 0 Å². The van der Waals surface area contributed by atoms with Crippen molar-refractivity contribution in [3.05, 3.63) is 105 Å². The summed E-state index contributed by atoms with van der Waals surface area (Å²) >= 11 is 0. The van der Waals surface area contributed by atoms with Crippen molar-refractivity contribution < 1.29 is 34.0 Å². The number of aromatic hydroxyl groups is 3. The number of fused-ring (bicyclic) bond motifs is 1. The number of hydrogen-bond acceptors (Lipinski definition) is 8.